The van der Waals surface area contributed by atoms with Gasteiger partial charge in [0, 0.05) is 49.0 Å². The second kappa shape index (κ2) is 10.9. The third-order valence-electron chi connectivity index (χ3n) is 8.21. The zero-order chi connectivity index (χ0) is 26.7. The van der Waals surface area contributed by atoms with E-state index in [4.69, 9.17) is 0 Å². The van der Waals surface area contributed by atoms with Crippen molar-refractivity contribution in [3.8, 4) is 6.07 Å². The minimum Gasteiger partial charge on any atom is -0.320 e. The van der Waals surface area contributed by atoms with Gasteiger partial charge in [-0.05, 0) is 88.5 Å². The number of nitrogens with zero attached hydrogens (tertiary/aromatic N) is 4. The van der Waals surface area contributed by atoms with Crippen LogP contribution in [-0.2, 0) is 5.41 Å². The van der Waals surface area contributed by atoms with Crippen molar-refractivity contribution in [1.82, 2.24) is 9.80 Å². The van der Waals surface area contributed by atoms with E-state index in [2.05, 4.69) is 50.0 Å². The molecule has 0 aromatic heterocycles. The summed E-state index contributed by atoms with van der Waals surface area (Å²) in [4.78, 5) is 28.7. The number of anilines is 1. The third kappa shape index (κ3) is 5.78. The largest absolute Gasteiger partial charge is 0.322 e. The van der Waals surface area contributed by atoms with Crippen molar-refractivity contribution in [1.29, 1.82) is 5.26 Å². The van der Waals surface area contributed by atoms with Crippen LogP contribution in [0.5, 0.6) is 0 Å². The van der Waals surface area contributed by atoms with Crippen LogP contribution in [-0.4, -0.2) is 52.0 Å². The predicted octanol–water partition coefficient (Wildman–Crippen LogP) is 5.93. The third-order valence-corrected chi connectivity index (χ3v) is 8.21. The standard InChI is InChI=1S/C29H37N5O3/c1-20(2)32(21(3)4)13-14-33(28(35)31-25-9-6-10-27(17-25)34(36)37)26-11-12-29(18-24(29)16-26)23-8-5-7-22(15-23)19-30/h5-10,15,17,20-21,24,26H,11-14,16,18H2,1-4H3,(H,31,35)/t24?,26?,29-/m1/s1. The Morgan fingerprint density at radius 3 is 2.54 bits per heavy atom. The molecule has 2 unspecified atom stereocenters. The number of nitriles is 1. The van der Waals surface area contributed by atoms with E-state index in [1.807, 2.05) is 23.1 Å². The number of nitrogens with one attached hydrogen (secondary N) is 1. The topological polar surface area (TPSA) is 103 Å². The second-order valence-electron chi connectivity index (χ2n) is 11.0. The molecule has 4 rings (SSSR count). The molecule has 0 spiro atoms. The Morgan fingerprint density at radius 1 is 1.16 bits per heavy atom. The summed E-state index contributed by atoms with van der Waals surface area (Å²) >= 11 is 0. The van der Waals surface area contributed by atoms with Crippen molar-refractivity contribution < 1.29 is 9.72 Å². The number of carbonyl (C=O) groups excluding carboxylic acids is 1. The number of nitro benzene ring substituents is 1. The molecule has 2 aliphatic rings. The molecule has 2 aromatic carbocycles. The summed E-state index contributed by atoms with van der Waals surface area (Å²) in [5.41, 5.74) is 2.44. The van der Waals surface area contributed by atoms with E-state index in [9.17, 15) is 20.2 Å². The number of rotatable bonds is 9. The number of urea groups is 1. The number of non-ortho nitro benzene ring substituents is 1. The van der Waals surface area contributed by atoms with Gasteiger partial charge in [-0.1, -0.05) is 18.2 Å². The van der Waals surface area contributed by atoms with Gasteiger partial charge in [0.05, 0.1) is 16.6 Å². The van der Waals surface area contributed by atoms with E-state index < -0.39 is 4.92 Å². The lowest BCUT2D eigenvalue weighted by Crippen LogP contribution is -2.50. The molecule has 1 N–H and O–H groups in total. The fraction of sp³-hybridized carbons (Fsp3) is 0.517. The first-order valence-electron chi connectivity index (χ1n) is 13.2. The normalized spacial score (nSPS) is 22.4. The molecule has 2 aliphatic carbocycles. The number of hydrogen-bond acceptors (Lipinski definition) is 5. The lowest BCUT2D eigenvalue weighted by molar-refractivity contribution is -0.384. The summed E-state index contributed by atoms with van der Waals surface area (Å²) in [6, 6.07) is 16.9. The minimum absolute atomic E-state index is 0.0461. The highest BCUT2D eigenvalue weighted by Gasteiger charge is 2.58. The smallest absolute Gasteiger partial charge is 0.320 e. The van der Waals surface area contributed by atoms with Crippen LogP contribution in [0.2, 0.25) is 0 Å². The summed E-state index contributed by atoms with van der Waals surface area (Å²) < 4.78 is 0. The maximum atomic E-state index is 13.6. The van der Waals surface area contributed by atoms with E-state index in [0.29, 0.717) is 35.8 Å². The van der Waals surface area contributed by atoms with Crippen LogP contribution < -0.4 is 5.32 Å². The summed E-state index contributed by atoms with van der Waals surface area (Å²) in [5.74, 6) is 0.486. The van der Waals surface area contributed by atoms with Gasteiger partial charge in [0.25, 0.3) is 5.69 Å². The molecule has 37 heavy (non-hydrogen) atoms. The van der Waals surface area contributed by atoms with Crippen molar-refractivity contribution in [2.24, 2.45) is 5.92 Å². The van der Waals surface area contributed by atoms with E-state index in [0.717, 1.165) is 32.2 Å². The van der Waals surface area contributed by atoms with Crippen LogP contribution in [0.3, 0.4) is 0 Å². The molecule has 2 saturated carbocycles. The van der Waals surface area contributed by atoms with Crippen LogP contribution in [0.25, 0.3) is 0 Å². The molecule has 2 aromatic rings. The highest BCUT2D eigenvalue weighted by Crippen LogP contribution is 2.62. The summed E-state index contributed by atoms with van der Waals surface area (Å²) in [6.07, 6.45) is 3.88. The molecule has 0 bridgehead atoms. The van der Waals surface area contributed by atoms with Crippen molar-refractivity contribution in [2.75, 3.05) is 18.4 Å². The van der Waals surface area contributed by atoms with Crippen molar-refractivity contribution in [2.45, 2.75) is 76.9 Å². The molecule has 2 amide bonds. The average molecular weight is 504 g/mol. The zero-order valence-electron chi connectivity index (χ0n) is 22.2. The first kappa shape index (κ1) is 26.6. The van der Waals surface area contributed by atoms with Gasteiger partial charge in [-0.25, -0.2) is 4.79 Å². The molecule has 0 radical (unpaired) electrons. The number of carbonyl (C=O) groups is 1. The van der Waals surface area contributed by atoms with Crippen molar-refractivity contribution in [3.63, 3.8) is 0 Å². The fourth-order valence-corrected chi connectivity index (χ4v) is 6.22. The molecule has 0 heterocycles. The monoisotopic (exact) mass is 503 g/mol. The minimum atomic E-state index is -0.453. The first-order chi connectivity index (χ1) is 17.6. The van der Waals surface area contributed by atoms with E-state index >= 15 is 0 Å². The average Bonchev–Trinajstić information content (AvgIpc) is 3.61. The predicted molar refractivity (Wildman–Crippen MR) is 144 cm³/mol. The maximum absolute atomic E-state index is 13.6. The van der Waals surface area contributed by atoms with Gasteiger partial charge in [0.15, 0.2) is 0 Å². The van der Waals surface area contributed by atoms with Gasteiger partial charge in [0.1, 0.15) is 0 Å². The molecule has 196 valence electrons. The van der Waals surface area contributed by atoms with E-state index in [1.165, 1.54) is 17.7 Å². The van der Waals surface area contributed by atoms with E-state index in [-0.39, 0.29) is 23.2 Å². The number of benzene rings is 2. The van der Waals surface area contributed by atoms with Crippen molar-refractivity contribution in [3.05, 3.63) is 69.8 Å². The Hall–Kier alpha value is -3.44. The SMILES string of the molecule is CC(C)N(CCN(C(=O)Nc1cccc([N+](=O)[O-])c1)C1CC[C@]2(c3cccc(C#N)c3)CC2C1)C(C)C. The Labute approximate surface area is 219 Å². The Morgan fingerprint density at radius 2 is 1.89 bits per heavy atom. The van der Waals surface area contributed by atoms with Crippen LogP contribution in [0.1, 0.15) is 64.5 Å². The highest BCUT2D eigenvalue weighted by atomic mass is 16.6. The van der Waals surface area contributed by atoms with Crippen LogP contribution >= 0.6 is 0 Å². The summed E-state index contributed by atoms with van der Waals surface area (Å²) in [7, 11) is 0. The second-order valence-corrected chi connectivity index (χ2v) is 11.0. The number of nitro groups is 1. The van der Waals surface area contributed by atoms with Gasteiger partial charge in [-0.3, -0.25) is 15.0 Å². The van der Waals surface area contributed by atoms with Gasteiger partial charge >= 0.3 is 6.03 Å². The Bertz CT molecular complexity index is 1180. The molecule has 8 heteroatoms. The molecule has 0 saturated heterocycles. The lowest BCUT2D eigenvalue weighted by Gasteiger charge is -2.39. The van der Waals surface area contributed by atoms with Crippen molar-refractivity contribution >= 4 is 17.4 Å². The molecule has 3 atom stereocenters. The summed E-state index contributed by atoms with van der Waals surface area (Å²) in [6.45, 7) is 10.0. The summed E-state index contributed by atoms with van der Waals surface area (Å²) in [5, 5.41) is 23.5. The van der Waals surface area contributed by atoms with Gasteiger partial charge in [0.2, 0.25) is 0 Å². The molecular weight excluding hydrogens is 466 g/mol. The van der Waals surface area contributed by atoms with Gasteiger partial charge in [-0.15, -0.1) is 0 Å². The number of amides is 2. The number of fused-ring (bicyclic) bond motifs is 1. The molecule has 8 nitrogen and oxygen atoms in total. The Kier molecular flexibility index (Phi) is 7.84. The van der Waals surface area contributed by atoms with Crippen LogP contribution in [0.4, 0.5) is 16.2 Å². The maximum Gasteiger partial charge on any atom is 0.322 e. The highest BCUT2D eigenvalue weighted by molar-refractivity contribution is 5.90. The van der Waals surface area contributed by atoms with Crippen LogP contribution in [0, 0.1) is 27.4 Å². The molecule has 2 fully saturated rings. The first-order valence-corrected chi connectivity index (χ1v) is 13.2. The fourth-order valence-electron chi connectivity index (χ4n) is 6.22. The molecular formula is C29H37N5O3. The Balaban J connectivity index is 1.51. The quantitative estimate of drug-likeness (QED) is 0.337. The van der Waals surface area contributed by atoms with Gasteiger partial charge < -0.3 is 10.2 Å². The zero-order valence-corrected chi connectivity index (χ0v) is 22.2. The van der Waals surface area contributed by atoms with Gasteiger partial charge in [-0.2, -0.15) is 5.26 Å². The van der Waals surface area contributed by atoms with E-state index in [1.54, 1.807) is 12.1 Å². The lowest BCUT2D eigenvalue weighted by atomic mass is 9.80. The molecule has 0 aliphatic heterocycles. The number of hydrogen-bond donors (Lipinski definition) is 1. The van der Waals surface area contributed by atoms with Crippen LogP contribution in [0.15, 0.2) is 48.5 Å².